The van der Waals surface area contributed by atoms with Gasteiger partial charge in [0.15, 0.2) is 5.69 Å². The Bertz CT molecular complexity index is 572. The fraction of sp³-hybridized carbons (Fsp3) is 0.500. The SMILES string of the molecule is CC(C)CNCc1occc1Cn1ccc(C(F)(F)F)n1. The van der Waals surface area contributed by atoms with Crippen LogP contribution >= 0.6 is 0 Å². The summed E-state index contributed by atoms with van der Waals surface area (Å²) < 4.78 is 44.1. The predicted molar refractivity (Wildman–Crippen MR) is 71.6 cm³/mol. The molecule has 0 amide bonds. The largest absolute Gasteiger partial charge is 0.468 e. The standard InChI is InChI=1S/C14H18F3N3O/c1-10(2)7-18-8-12-11(4-6-21-12)9-20-5-3-13(19-20)14(15,16)17/h3-6,10,18H,7-9H2,1-2H3. The van der Waals surface area contributed by atoms with Crippen molar-refractivity contribution in [2.75, 3.05) is 6.54 Å². The molecule has 7 heteroatoms. The molecule has 2 aromatic rings. The lowest BCUT2D eigenvalue weighted by Gasteiger charge is -2.07. The van der Waals surface area contributed by atoms with Gasteiger partial charge in [-0.2, -0.15) is 18.3 Å². The molecule has 0 unspecified atom stereocenters. The van der Waals surface area contributed by atoms with Crippen LogP contribution in [-0.4, -0.2) is 16.3 Å². The Morgan fingerprint density at radius 1 is 1.33 bits per heavy atom. The van der Waals surface area contributed by atoms with E-state index in [0.29, 0.717) is 12.5 Å². The Hall–Kier alpha value is -1.76. The second-order valence-electron chi connectivity index (χ2n) is 5.29. The summed E-state index contributed by atoms with van der Waals surface area (Å²) >= 11 is 0. The van der Waals surface area contributed by atoms with Gasteiger partial charge in [-0.15, -0.1) is 0 Å². The zero-order valence-electron chi connectivity index (χ0n) is 11.9. The van der Waals surface area contributed by atoms with Crippen LogP contribution in [-0.2, 0) is 19.3 Å². The van der Waals surface area contributed by atoms with Gasteiger partial charge in [-0.1, -0.05) is 13.8 Å². The van der Waals surface area contributed by atoms with E-state index in [0.717, 1.165) is 23.9 Å². The quantitative estimate of drug-likeness (QED) is 0.890. The van der Waals surface area contributed by atoms with E-state index in [9.17, 15) is 13.2 Å². The lowest BCUT2D eigenvalue weighted by molar-refractivity contribution is -0.141. The molecule has 21 heavy (non-hydrogen) atoms. The smallest absolute Gasteiger partial charge is 0.435 e. The van der Waals surface area contributed by atoms with Crippen molar-refractivity contribution in [2.45, 2.75) is 33.1 Å². The molecule has 2 rings (SSSR count). The highest BCUT2D eigenvalue weighted by atomic mass is 19.4. The molecule has 0 saturated heterocycles. The van der Waals surface area contributed by atoms with Crippen molar-refractivity contribution in [3.05, 3.63) is 41.6 Å². The average Bonchev–Trinajstić information content (AvgIpc) is 2.99. The first-order chi connectivity index (χ1) is 9.86. The number of halogens is 3. The molecule has 0 aliphatic rings. The number of rotatable bonds is 6. The van der Waals surface area contributed by atoms with E-state index in [2.05, 4.69) is 24.3 Å². The first kappa shape index (κ1) is 15.6. The van der Waals surface area contributed by atoms with Crippen LogP contribution in [0.15, 0.2) is 29.0 Å². The van der Waals surface area contributed by atoms with Crippen molar-refractivity contribution >= 4 is 0 Å². The minimum Gasteiger partial charge on any atom is -0.468 e. The minimum absolute atomic E-state index is 0.255. The molecular weight excluding hydrogens is 283 g/mol. The average molecular weight is 301 g/mol. The number of alkyl halides is 3. The van der Waals surface area contributed by atoms with Crippen molar-refractivity contribution in [3.8, 4) is 0 Å². The Morgan fingerprint density at radius 3 is 2.71 bits per heavy atom. The normalized spacial score (nSPS) is 12.3. The van der Waals surface area contributed by atoms with Gasteiger partial charge >= 0.3 is 6.18 Å². The summed E-state index contributed by atoms with van der Waals surface area (Å²) in [6, 6.07) is 2.72. The molecule has 2 aromatic heterocycles. The maximum Gasteiger partial charge on any atom is 0.435 e. The summed E-state index contributed by atoms with van der Waals surface area (Å²) in [5.74, 6) is 1.24. The topological polar surface area (TPSA) is 43.0 Å². The van der Waals surface area contributed by atoms with Crippen molar-refractivity contribution < 1.29 is 17.6 Å². The Morgan fingerprint density at radius 2 is 2.10 bits per heavy atom. The molecule has 116 valence electrons. The van der Waals surface area contributed by atoms with E-state index in [-0.39, 0.29) is 6.54 Å². The van der Waals surface area contributed by atoms with Crippen LogP contribution in [0.25, 0.3) is 0 Å². The third kappa shape index (κ3) is 4.35. The second kappa shape index (κ2) is 6.34. The van der Waals surface area contributed by atoms with Crippen molar-refractivity contribution in [2.24, 2.45) is 5.92 Å². The molecule has 1 N–H and O–H groups in total. The van der Waals surface area contributed by atoms with Crippen LogP contribution in [0.1, 0.15) is 30.9 Å². The van der Waals surface area contributed by atoms with E-state index in [4.69, 9.17) is 4.42 Å². The number of nitrogens with zero attached hydrogens (tertiary/aromatic N) is 2. The molecule has 0 bridgehead atoms. The van der Waals surface area contributed by atoms with E-state index in [1.165, 1.54) is 17.1 Å². The van der Waals surface area contributed by atoms with Crippen LogP contribution < -0.4 is 5.32 Å². The lowest BCUT2D eigenvalue weighted by atomic mass is 10.2. The second-order valence-corrected chi connectivity index (χ2v) is 5.29. The summed E-state index contributed by atoms with van der Waals surface area (Å²) in [5.41, 5.74) is -0.0615. The van der Waals surface area contributed by atoms with Crippen LogP contribution in [0, 0.1) is 5.92 Å². The van der Waals surface area contributed by atoms with Gasteiger partial charge in [0.1, 0.15) is 5.76 Å². The highest BCUT2D eigenvalue weighted by molar-refractivity contribution is 5.17. The molecule has 4 nitrogen and oxygen atoms in total. The fourth-order valence-corrected chi connectivity index (χ4v) is 1.91. The van der Waals surface area contributed by atoms with E-state index in [1.54, 1.807) is 6.07 Å². The summed E-state index contributed by atoms with van der Waals surface area (Å²) in [4.78, 5) is 0. The third-order valence-electron chi connectivity index (χ3n) is 2.94. The van der Waals surface area contributed by atoms with E-state index in [1.807, 2.05) is 0 Å². The van der Waals surface area contributed by atoms with Gasteiger partial charge in [0, 0.05) is 11.8 Å². The maximum atomic E-state index is 12.5. The summed E-state index contributed by atoms with van der Waals surface area (Å²) in [7, 11) is 0. The number of hydrogen-bond acceptors (Lipinski definition) is 3. The van der Waals surface area contributed by atoms with Gasteiger partial charge in [0.25, 0.3) is 0 Å². The third-order valence-corrected chi connectivity index (χ3v) is 2.94. The van der Waals surface area contributed by atoms with Crippen LogP contribution in [0.4, 0.5) is 13.2 Å². The van der Waals surface area contributed by atoms with Crippen LogP contribution in [0.2, 0.25) is 0 Å². The zero-order chi connectivity index (χ0) is 15.5. The van der Waals surface area contributed by atoms with Crippen molar-refractivity contribution in [1.29, 1.82) is 0 Å². The van der Waals surface area contributed by atoms with Gasteiger partial charge in [-0.25, -0.2) is 0 Å². The molecule has 0 aliphatic heterocycles. The molecular formula is C14H18F3N3O. The number of nitrogens with one attached hydrogen (secondary N) is 1. The summed E-state index contributed by atoms with van der Waals surface area (Å²) in [6.07, 6.45) is -1.56. The molecule has 0 saturated carbocycles. The van der Waals surface area contributed by atoms with Gasteiger partial charge in [-0.3, -0.25) is 4.68 Å². The number of aromatic nitrogens is 2. The van der Waals surface area contributed by atoms with Gasteiger partial charge in [0.2, 0.25) is 0 Å². The van der Waals surface area contributed by atoms with Crippen LogP contribution in [0.3, 0.4) is 0 Å². The van der Waals surface area contributed by atoms with E-state index < -0.39 is 11.9 Å². The molecule has 0 spiro atoms. The highest BCUT2D eigenvalue weighted by Gasteiger charge is 2.33. The highest BCUT2D eigenvalue weighted by Crippen LogP contribution is 2.27. The number of furan rings is 1. The van der Waals surface area contributed by atoms with Crippen LogP contribution in [0.5, 0.6) is 0 Å². The van der Waals surface area contributed by atoms with Gasteiger partial charge < -0.3 is 9.73 Å². The maximum absolute atomic E-state index is 12.5. The molecule has 0 radical (unpaired) electrons. The Labute approximate surface area is 120 Å². The molecule has 0 atom stereocenters. The van der Waals surface area contributed by atoms with Gasteiger partial charge in [-0.05, 0) is 24.6 Å². The van der Waals surface area contributed by atoms with E-state index >= 15 is 0 Å². The number of hydrogen-bond donors (Lipinski definition) is 1. The minimum atomic E-state index is -4.41. The molecule has 2 heterocycles. The van der Waals surface area contributed by atoms with Gasteiger partial charge in [0.05, 0.1) is 19.4 Å². The fourth-order valence-electron chi connectivity index (χ4n) is 1.91. The zero-order valence-corrected chi connectivity index (χ0v) is 11.9. The Kier molecular flexibility index (Phi) is 4.72. The lowest BCUT2D eigenvalue weighted by Crippen LogP contribution is -2.19. The predicted octanol–water partition coefficient (Wildman–Crippen LogP) is 3.29. The van der Waals surface area contributed by atoms with Crippen molar-refractivity contribution in [1.82, 2.24) is 15.1 Å². The molecule has 0 aromatic carbocycles. The molecule has 0 aliphatic carbocycles. The summed E-state index contributed by atoms with van der Waals surface area (Å²) in [5, 5.41) is 6.78. The summed E-state index contributed by atoms with van der Waals surface area (Å²) in [6.45, 7) is 5.84. The van der Waals surface area contributed by atoms with Crippen molar-refractivity contribution in [3.63, 3.8) is 0 Å². The first-order valence-electron chi connectivity index (χ1n) is 6.73. The first-order valence-corrected chi connectivity index (χ1v) is 6.73. The monoisotopic (exact) mass is 301 g/mol. The Balaban J connectivity index is 2.00. The molecule has 0 fully saturated rings.